The molecule has 2 amide bonds. The fourth-order valence-electron chi connectivity index (χ4n) is 1.39. The summed E-state index contributed by atoms with van der Waals surface area (Å²) in [6.45, 7) is 1.48. The number of hydrogen-bond donors (Lipinski definition) is 3. The minimum atomic E-state index is -0.558. The second-order valence-electron chi connectivity index (χ2n) is 4.08. The lowest BCUT2D eigenvalue weighted by Gasteiger charge is -2.10. The Labute approximate surface area is 111 Å². The summed E-state index contributed by atoms with van der Waals surface area (Å²) < 4.78 is 17.1. The molecule has 0 saturated carbocycles. The molecule has 3 N–H and O–H groups in total. The molecular formula is C13H19FN2O3. The van der Waals surface area contributed by atoms with Gasteiger partial charge in [0.15, 0.2) is 0 Å². The molecule has 0 saturated heterocycles. The van der Waals surface area contributed by atoms with Crippen molar-refractivity contribution in [2.45, 2.75) is 19.4 Å². The third-order valence-electron chi connectivity index (χ3n) is 2.29. The first-order valence-corrected chi connectivity index (χ1v) is 6.13. The van der Waals surface area contributed by atoms with Gasteiger partial charge in [-0.1, -0.05) is 6.07 Å². The van der Waals surface area contributed by atoms with Gasteiger partial charge in [-0.2, -0.15) is 0 Å². The molecular weight excluding hydrogens is 251 g/mol. The number of urea groups is 1. The maximum absolute atomic E-state index is 12.0. The van der Waals surface area contributed by atoms with E-state index in [0.29, 0.717) is 24.4 Å². The molecule has 0 aliphatic carbocycles. The molecule has 6 heteroatoms. The highest BCUT2D eigenvalue weighted by molar-refractivity contribution is 5.89. The number of amides is 2. The van der Waals surface area contributed by atoms with E-state index in [9.17, 15) is 9.18 Å². The highest BCUT2D eigenvalue weighted by atomic mass is 19.1. The summed E-state index contributed by atoms with van der Waals surface area (Å²) in [7, 11) is 0. The van der Waals surface area contributed by atoms with E-state index in [1.165, 1.54) is 0 Å². The van der Waals surface area contributed by atoms with Gasteiger partial charge in [0.05, 0.1) is 6.10 Å². The van der Waals surface area contributed by atoms with Crippen LogP contribution in [0.25, 0.3) is 0 Å². The number of carbonyl (C=O) groups is 1. The summed E-state index contributed by atoms with van der Waals surface area (Å²) in [6, 6.07) is 6.36. The molecule has 1 rings (SSSR count). The van der Waals surface area contributed by atoms with Crippen molar-refractivity contribution in [1.82, 2.24) is 5.32 Å². The normalized spacial score (nSPS) is 11.7. The van der Waals surface area contributed by atoms with Crippen molar-refractivity contribution in [2.75, 3.05) is 25.1 Å². The maximum atomic E-state index is 12.0. The van der Waals surface area contributed by atoms with E-state index < -0.39 is 12.8 Å². The first-order chi connectivity index (χ1) is 9.11. The zero-order valence-corrected chi connectivity index (χ0v) is 10.9. The van der Waals surface area contributed by atoms with E-state index in [1.807, 2.05) is 0 Å². The molecule has 1 unspecified atom stereocenters. The van der Waals surface area contributed by atoms with Crippen molar-refractivity contribution in [2.24, 2.45) is 0 Å². The van der Waals surface area contributed by atoms with Gasteiger partial charge in [-0.15, -0.1) is 0 Å². The van der Waals surface area contributed by atoms with Crippen LogP contribution in [0.4, 0.5) is 14.9 Å². The van der Waals surface area contributed by atoms with E-state index >= 15 is 0 Å². The largest absolute Gasteiger partial charge is 0.491 e. The Morgan fingerprint density at radius 3 is 3.00 bits per heavy atom. The molecule has 0 spiro atoms. The fraction of sp³-hybridized carbons (Fsp3) is 0.462. The lowest BCUT2D eigenvalue weighted by molar-refractivity contribution is 0.184. The van der Waals surface area contributed by atoms with Gasteiger partial charge < -0.3 is 20.5 Å². The third kappa shape index (κ3) is 6.61. The first-order valence-electron chi connectivity index (χ1n) is 6.13. The number of halogens is 1. The van der Waals surface area contributed by atoms with Crippen molar-refractivity contribution < 1.29 is 19.0 Å². The fourth-order valence-corrected chi connectivity index (χ4v) is 1.39. The van der Waals surface area contributed by atoms with Gasteiger partial charge in [0, 0.05) is 18.3 Å². The quantitative estimate of drug-likeness (QED) is 0.709. The van der Waals surface area contributed by atoms with E-state index in [1.54, 1.807) is 31.2 Å². The van der Waals surface area contributed by atoms with Crippen molar-refractivity contribution in [1.29, 1.82) is 0 Å². The Bertz CT molecular complexity index is 399. The van der Waals surface area contributed by atoms with Crippen molar-refractivity contribution in [3.63, 3.8) is 0 Å². The number of carbonyl (C=O) groups excluding carboxylic acids is 1. The highest BCUT2D eigenvalue weighted by Gasteiger charge is 2.03. The molecule has 0 aromatic heterocycles. The van der Waals surface area contributed by atoms with Crippen molar-refractivity contribution in [3.8, 4) is 5.75 Å². The van der Waals surface area contributed by atoms with Crippen LogP contribution in [0.2, 0.25) is 0 Å². The zero-order chi connectivity index (χ0) is 14.1. The number of ether oxygens (including phenoxy) is 1. The summed E-state index contributed by atoms with van der Waals surface area (Å²) in [5.74, 6) is 0.499. The van der Waals surface area contributed by atoms with Crippen LogP contribution in [0.1, 0.15) is 13.3 Å². The molecule has 0 radical (unpaired) electrons. The van der Waals surface area contributed by atoms with E-state index in [-0.39, 0.29) is 12.6 Å². The van der Waals surface area contributed by atoms with Crippen LogP contribution in [0, 0.1) is 0 Å². The second-order valence-corrected chi connectivity index (χ2v) is 4.08. The maximum Gasteiger partial charge on any atom is 0.319 e. The average Bonchev–Trinajstić information content (AvgIpc) is 2.36. The van der Waals surface area contributed by atoms with E-state index in [0.717, 1.165) is 0 Å². The van der Waals surface area contributed by atoms with Crippen LogP contribution in [0.3, 0.4) is 0 Å². The molecule has 0 fully saturated rings. The van der Waals surface area contributed by atoms with Crippen LogP contribution in [0.5, 0.6) is 5.75 Å². The minimum absolute atomic E-state index is 0.00988. The van der Waals surface area contributed by atoms with Gasteiger partial charge in [-0.25, -0.2) is 9.18 Å². The van der Waals surface area contributed by atoms with Crippen LogP contribution in [-0.4, -0.2) is 37.1 Å². The summed E-state index contributed by atoms with van der Waals surface area (Å²) in [5.41, 5.74) is 0.561. The van der Waals surface area contributed by atoms with Gasteiger partial charge in [0.2, 0.25) is 0 Å². The van der Waals surface area contributed by atoms with Crippen LogP contribution >= 0.6 is 0 Å². The molecule has 0 heterocycles. The smallest absolute Gasteiger partial charge is 0.319 e. The summed E-state index contributed by atoms with van der Waals surface area (Å²) in [5, 5.41) is 14.3. The number of nitrogens with one attached hydrogen (secondary N) is 2. The molecule has 106 valence electrons. The van der Waals surface area contributed by atoms with Gasteiger partial charge >= 0.3 is 6.03 Å². The second kappa shape index (κ2) is 8.31. The zero-order valence-electron chi connectivity index (χ0n) is 10.9. The lowest BCUT2D eigenvalue weighted by atomic mass is 10.3. The predicted molar refractivity (Wildman–Crippen MR) is 71.2 cm³/mol. The number of aliphatic hydroxyl groups excluding tert-OH is 1. The van der Waals surface area contributed by atoms with Crippen LogP contribution < -0.4 is 15.4 Å². The Kier molecular flexibility index (Phi) is 6.67. The molecule has 1 atom stereocenters. The number of aliphatic hydroxyl groups is 1. The minimum Gasteiger partial charge on any atom is -0.491 e. The van der Waals surface area contributed by atoms with Gasteiger partial charge in [-0.05, 0) is 25.5 Å². The SMILES string of the molecule is CC(O)CCNC(=O)Nc1cccc(OCCF)c1. The monoisotopic (exact) mass is 270 g/mol. The van der Waals surface area contributed by atoms with E-state index in [4.69, 9.17) is 9.84 Å². The Balaban J connectivity index is 2.40. The van der Waals surface area contributed by atoms with Crippen LogP contribution in [-0.2, 0) is 0 Å². The molecule has 5 nitrogen and oxygen atoms in total. The van der Waals surface area contributed by atoms with E-state index in [2.05, 4.69) is 10.6 Å². The average molecular weight is 270 g/mol. The summed E-state index contributed by atoms with van der Waals surface area (Å²) >= 11 is 0. The summed E-state index contributed by atoms with van der Waals surface area (Å²) in [6.07, 6.45) is 0.0466. The Morgan fingerprint density at radius 1 is 1.53 bits per heavy atom. The number of hydrogen-bond acceptors (Lipinski definition) is 3. The predicted octanol–water partition coefficient (Wildman–Crippen LogP) is 1.93. The third-order valence-corrected chi connectivity index (χ3v) is 2.29. The van der Waals surface area contributed by atoms with Gasteiger partial charge in [0.25, 0.3) is 0 Å². The van der Waals surface area contributed by atoms with Crippen molar-refractivity contribution >= 4 is 11.7 Å². The Morgan fingerprint density at radius 2 is 2.32 bits per heavy atom. The molecule has 0 aliphatic heterocycles. The number of rotatable bonds is 7. The van der Waals surface area contributed by atoms with Gasteiger partial charge in [-0.3, -0.25) is 0 Å². The number of benzene rings is 1. The van der Waals surface area contributed by atoms with Crippen LogP contribution in [0.15, 0.2) is 24.3 Å². The Hall–Kier alpha value is -1.82. The highest BCUT2D eigenvalue weighted by Crippen LogP contribution is 2.17. The number of anilines is 1. The van der Waals surface area contributed by atoms with Crippen molar-refractivity contribution in [3.05, 3.63) is 24.3 Å². The lowest BCUT2D eigenvalue weighted by Crippen LogP contribution is -2.30. The topological polar surface area (TPSA) is 70.6 Å². The first kappa shape index (κ1) is 15.2. The summed E-state index contributed by atoms with van der Waals surface area (Å²) in [4.78, 5) is 11.5. The molecule has 1 aromatic carbocycles. The van der Waals surface area contributed by atoms with Gasteiger partial charge in [0.1, 0.15) is 19.0 Å². The molecule has 0 aliphatic rings. The molecule has 0 bridgehead atoms. The molecule has 1 aromatic rings. The number of alkyl halides is 1. The molecule has 19 heavy (non-hydrogen) atoms. The standard InChI is InChI=1S/C13H19FN2O3/c1-10(17)5-7-15-13(18)16-11-3-2-4-12(9-11)19-8-6-14/h2-4,9-10,17H,5-8H2,1H3,(H2,15,16,18).